The Morgan fingerprint density at radius 3 is 2.78 bits per heavy atom. The molecule has 0 aliphatic carbocycles. The molecule has 0 saturated heterocycles. The van der Waals surface area contributed by atoms with E-state index in [2.05, 4.69) is 53.5 Å². The zero-order valence-electron chi connectivity index (χ0n) is 10.9. The van der Waals surface area contributed by atoms with Crippen LogP contribution in [0.3, 0.4) is 0 Å². The number of rotatable bonds is 5. The lowest BCUT2D eigenvalue weighted by molar-refractivity contribution is 0.584. The van der Waals surface area contributed by atoms with Crippen LogP contribution in [-0.2, 0) is 13.6 Å². The summed E-state index contributed by atoms with van der Waals surface area (Å²) in [5.74, 6) is 0. The molecule has 96 valence electrons. The van der Waals surface area contributed by atoms with Gasteiger partial charge < -0.3 is 5.32 Å². The van der Waals surface area contributed by atoms with E-state index < -0.39 is 0 Å². The third kappa shape index (κ3) is 3.34. The second kappa shape index (κ2) is 6.02. The lowest BCUT2D eigenvalue weighted by atomic mass is 10.2. The van der Waals surface area contributed by atoms with Gasteiger partial charge in [0.15, 0.2) is 5.16 Å². The van der Waals surface area contributed by atoms with Crippen molar-refractivity contribution in [2.24, 2.45) is 7.05 Å². The Morgan fingerprint density at radius 1 is 1.33 bits per heavy atom. The second-order valence-electron chi connectivity index (χ2n) is 4.41. The van der Waals surface area contributed by atoms with Crippen molar-refractivity contribution in [3.05, 3.63) is 36.2 Å². The summed E-state index contributed by atoms with van der Waals surface area (Å²) < 4.78 is 1.79. The number of aromatic nitrogens is 3. The number of hydrogen-bond donors (Lipinski definition) is 1. The first-order valence-corrected chi connectivity index (χ1v) is 6.81. The molecule has 0 bridgehead atoms. The van der Waals surface area contributed by atoms with Gasteiger partial charge in [0.2, 0.25) is 0 Å². The van der Waals surface area contributed by atoms with E-state index in [1.807, 2.05) is 7.05 Å². The van der Waals surface area contributed by atoms with Crippen LogP contribution in [-0.4, -0.2) is 20.8 Å². The molecule has 1 heterocycles. The first-order chi connectivity index (χ1) is 8.66. The Bertz CT molecular complexity index is 507. The van der Waals surface area contributed by atoms with Crippen LogP contribution in [0.25, 0.3) is 0 Å². The normalized spacial score (nSPS) is 11.1. The monoisotopic (exact) mass is 262 g/mol. The van der Waals surface area contributed by atoms with Crippen LogP contribution in [0.4, 0.5) is 0 Å². The van der Waals surface area contributed by atoms with Gasteiger partial charge in [-0.25, -0.2) is 9.67 Å². The Balaban J connectivity index is 2.14. The minimum absolute atomic E-state index is 0.484. The highest BCUT2D eigenvalue weighted by atomic mass is 32.2. The Morgan fingerprint density at radius 2 is 2.11 bits per heavy atom. The third-order valence-corrected chi connectivity index (χ3v) is 3.71. The largest absolute Gasteiger partial charge is 0.310 e. The first kappa shape index (κ1) is 13.1. The molecule has 1 N–H and O–H groups in total. The van der Waals surface area contributed by atoms with E-state index in [4.69, 9.17) is 0 Å². The Labute approximate surface area is 112 Å². The number of hydrogen-bond acceptors (Lipinski definition) is 4. The summed E-state index contributed by atoms with van der Waals surface area (Å²) in [7, 11) is 1.91. The van der Waals surface area contributed by atoms with Crippen molar-refractivity contribution < 1.29 is 0 Å². The van der Waals surface area contributed by atoms with E-state index in [9.17, 15) is 0 Å². The van der Waals surface area contributed by atoms with Gasteiger partial charge >= 0.3 is 0 Å². The average molecular weight is 262 g/mol. The summed E-state index contributed by atoms with van der Waals surface area (Å²) in [6.07, 6.45) is 1.58. The van der Waals surface area contributed by atoms with Crippen LogP contribution >= 0.6 is 11.8 Å². The molecule has 0 aliphatic rings. The van der Waals surface area contributed by atoms with E-state index in [0.717, 1.165) is 11.7 Å². The van der Waals surface area contributed by atoms with Crippen molar-refractivity contribution in [1.29, 1.82) is 0 Å². The summed E-state index contributed by atoms with van der Waals surface area (Å²) >= 11 is 1.65. The van der Waals surface area contributed by atoms with Crippen molar-refractivity contribution in [2.45, 2.75) is 36.5 Å². The molecule has 0 aliphatic heterocycles. The maximum absolute atomic E-state index is 4.24. The highest BCUT2D eigenvalue weighted by molar-refractivity contribution is 7.99. The van der Waals surface area contributed by atoms with Crippen LogP contribution in [0, 0.1) is 0 Å². The van der Waals surface area contributed by atoms with Crippen molar-refractivity contribution in [3.63, 3.8) is 0 Å². The van der Waals surface area contributed by atoms with Gasteiger partial charge in [0.25, 0.3) is 0 Å². The number of nitrogens with one attached hydrogen (secondary N) is 1. The van der Waals surface area contributed by atoms with Crippen LogP contribution < -0.4 is 5.32 Å². The van der Waals surface area contributed by atoms with Gasteiger partial charge in [-0.05, 0) is 23.4 Å². The smallest absolute Gasteiger partial charge is 0.190 e. The van der Waals surface area contributed by atoms with Crippen molar-refractivity contribution in [3.8, 4) is 0 Å². The maximum Gasteiger partial charge on any atom is 0.190 e. The highest BCUT2D eigenvalue weighted by Crippen LogP contribution is 2.28. The van der Waals surface area contributed by atoms with Crippen molar-refractivity contribution >= 4 is 11.8 Å². The molecule has 0 amide bonds. The van der Waals surface area contributed by atoms with Gasteiger partial charge in [0.1, 0.15) is 6.33 Å². The molecule has 4 nitrogen and oxygen atoms in total. The fourth-order valence-electron chi connectivity index (χ4n) is 1.54. The molecule has 2 aromatic rings. The molecule has 0 fully saturated rings. The number of benzene rings is 1. The lowest BCUT2D eigenvalue weighted by Crippen LogP contribution is -2.22. The topological polar surface area (TPSA) is 42.7 Å². The molecule has 5 heteroatoms. The van der Waals surface area contributed by atoms with Crippen molar-refractivity contribution in [1.82, 2.24) is 20.1 Å². The fourth-order valence-corrected chi connectivity index (χ4v) is 2.43. The molecule has 0 atom stereocenters. The molecule has 0 unspecified atom stereocenters. The van der Waals surface area contributed by atoms with Gasteiger partial charge in [-0.1, -0.05) is 32.0 Å². The molecule has 0 spiro atoms. The van der Waals surface area contributed by atoms with E-state index in [0.29, 0.717) is 6.04 Å². The minimum Gasteiger partial charge on any atom is -0.310 e. The van der Waals surface area contributed by atoms with Gasteiger partial charge in [0, 0.05) is 24.5 Å². The summed E-state index contributed by atoms with van der Waals surface area (Å²) in [6, 6.07) is 8.87. The van der Waals surface area contributed by atoms with Crippen LogP contribution in [0.5, 0.6) is 0 Å². The predicted molar refractivity (Wildman–Crippen MR) is 73.5 cm³/mol. The van der Waals surface area contributed by atoms with Crippen LogP contribution in [0.2, 0.25) is 0 Å². The molecule has 0 radical (unpaired) electrons. The standard InChI is InChI=1S/C13H18N4S/c1-10(2)14-8-11-6-4-5-7-12(11)18-13-15-9-16-17(13)3/h4-7,9-10,14H,8H2,1-3H3. The van der Waals surface area contributed by atoms with Gasteiger partial charge in [0.05, 0.1) is 0 Å². The SMILES string of the molecule is CC(C)NCc1ccccc1Sc1ncnn1C. The van der Waals surface area contributed by atoms with Crippen LogP contribution in [0.15, 0.2) is 40.6 Å². The fraction of sp³-hybridized carbons (Fsp3) is 0.385. The number of nitrogens with zero attached hydrogens (tertiary/aromatic N) is 3. The number of aryl methyl sites for hydroxylation is 1. The quantitative estimate of drug-likeness (QED) is 0.899. The van der Waals surface area contributed by atoms with Gasteiger partial charge in [-0.3, -0.25) is 0 Å². The molecule has 1 aromatic carbocycles. The van der Waals surface area contributed by atoms with Gasteiger partial charge in [-0.2, -0.15) is 5.10 Å². The zero-order valence-corrected chi connectivity index (χ0v) is 11.7. The van der Waals surface area contributed by atoms with E-state index >= 15 is 0 Å². The summed E-state index contributed by atoms with van der Waals surface area (Å²) in [5.41, 5.74) is 1.29. The van der Waals surface area contributed by atoms with E-state index in [1.54, 1.807) is 22.8 Å². The lowest BCUT2D eigenvalue weighted by Gasteiger charge is -2.11. The Hall–Kier alpha value is -1.33. The minimum atomic E-state index is 0.484. The molecular weight excluding hydrogens is 244 g/mol. The van der Waals surface area contributed by atoms with Crippen LogP contribution in [0.1, 0.15) is 19.4 Å². The van der Waals surface area contributed by atoms with E-state index in [-0.39, 0.29) is 0 Å². The zero-order chi connectivity index (χ0) is 13.0. The molecular formula is C13H18N4S. The second-order valence-corrected chi connectivity index (χ2v) is 5.42. The summed E-state index contributed by atoms with van der Waals surface area (Å²) in [5, 5.41) is 8.44. The van der Waals surface area contributed by atoms with Gasteiger partial charge in [-0.15, -0.1) is 0 Å². The molecule has 0 saturated carbocycles. The first-order valence-electron chi connectivity index (χ1n) is 6.00. The summed E-state index contributed by atoms with van der Waals surface area (Å²) in [4.78, 5) is 5.47. The average Bonchev–Trinajstić information content (AvgIpc) is 2.74. The molecule has 2 rings (SSSR count). The molecule has 1 aromatic heterocycles. The summed E-state index contributed by atoms with van der Waals surface area (Å²) in [6.45, 7) is 5.18. The third-order valence-electron chi connectivity index (χ3n) is 2.54. The maximum atomic E-state index is 4.24. The Kier molecular flexibility index (Phi) is 4.38. The predicted octanol–water partition coefficient (Wildman–Crippen LogP) is 2.46. The highest BCUT2D eigenvalue weighted by Gasteiger charge is 2.07. The van der Waals surface area contributed by atoms with E-state index in [1.165, 1.54) is 10.5 Å². The molecule has 18 heavy (non-hydrogen) atoms. The van der Waals surface area contributed by atoms with Crippen molar-refractivity contribution in [2.75, 3.05) is 0 Å².